The molecule has 0 heterocycles. The van der Waals surface area contributed by atoms with Gasteiger partial charge in [0.2, 0.25) is 12.2 Å². The Morgan fingerprint density at radius 3 is 1.57 bits per heavy atom. The van der Waals surface area contributed by atoms with Crippen molar-refractivity contribution in [3.05, 3.63) is 59.7 Å². The quantitative estimate of drug-likeness (QED) is 0.470. The molecule has 0 fully saturated rings. The van der Waals surface area contributed by atoms with Gasteiger partial charge in [0, 0.05) is 11.1 Å². The number of hydrogen-bond donors (Lipinski definition) is 2. The fourth-order valence-corrected chi connectivity index (χ4v) is 2.50. The van der Waals surface area contributed by atoms with Crippen LogP contribution in [-0.2, 0) is 19.3 Å². The molecule has 0 amide bonds. The number of nitrogens with zero attached hydrogens (tertiary/aromatic N) is 2. The number of fused-ring (bicyclic) bond motifs is 3. The number of carboxylic acids is 2. The number of rotatable bonds is 6. The highest BCUT2D eigenvalue weighted by molar-refractivity contribution is 6.24. The van der Waals surface area contributed by atoms with E-state index in [9.17, 15) is 9.59 Å². The third kappa shape index (κ3) is 5.66. The molecule has 1 aliphatic carbocycles. The van der Waals surface area contributed by atoms with Crippen molar-refractivity contribution in [3.8, 4) is 11.1 Å². The molecule has 0 bridgehead atoms. The van der Waals surface area contributed by atoms with Crippen molar-refractivity contribution in [2.24, 2.45) is 10.3 Å². The van der Waals surface area contributed by atoms with Gasteiger partial charge < -0.3 is 19.9 Å². The van der Waals surface area contributed by atoms with Crippen molar-refractivity contribution in [1.29, 1.82) is 0 Å². The Labute approximate surface area is 174 Å². The van der Waals surface area contributed by atoms with Crippen molar-refractivity contribution < 1.29 is 29.5 Å². The van der Waals surface area contributed by atoms with Crippen LogP contribution in [0.2, 0.25) is 0 Å². The second-order valence-corrected chi connectivity index (χ2v) is 6.74. The maximum absolute atomic E-state index is 10.8. The van der Waals surface area contributed by atoms with E-state index in [1.165, 1.54) is 13.8 Å². The monoisotopic (exact) mass is 412 g/mol. The second-order valence-electron chi connectivity index (χ2n) is 6.74. The molecule has 2 atom stereocenters. The van der Waals surface area contributed by atoms with E-state index in [1.54, 1.807) is 13.8 Å². The molecule has 8 heteroatoms. The first kappa shape index (κ1) is 22.6. The molecule has 2 unspecified atom stereocenters. The molecular formula is C22H24N2O6. The zero-order valence-electron chi connectivity index (χ0n) is 17.2. The van der Waals surface area contributed by atoms with Crippen LogP contribution in [0.5, 0.6) is 0 Å². The van der Waals surface area contributed by atoms with Crippen molar-refractivity contribution >= 4 is 23.4 Å². The Balaban J connectivity index is 0.000000274. The lowest BCUT2D eigenvalue weighted by Crippen LogP contribution is -2.18. The highest BCUT2D eigenvalue weighted by Gasteiger charge is 2.25. The fourth-order valence-electron chi connectivity index (χ4n) is 2.50. The molecular weight excluding hydrogens is 388 g/mol. The molecule has 158 valence electrons. The normalized spacial score (nSPS) is 12.9. The first-order valence-corrected chi connectivity index (χ1v) is 9.28. The molecule has 0 radical (unpaired) electrons. The molecule has 1 aliphatic rings. The maximum atomic E-state index is 10.8. The van der Waals surface area contributed by atoms with Crippen LogP contribution in [0.15, 0.2) is 58.8 Å². The summed E-state index contributed by atoms with van der Waals surface area (Å²) in [7, 11) is 0. The molecule has 30 heavy (non-hydrogen) atoms. The molecule has 2 N–H and O–H groups in total. The zero-order chi connectivity index (χ0) is 22.3. The van der Waals surface area contributed by atoms with Crippen LogP contribution >= 0.6 is 0 Å². The Kier molecular flexibility index (Phi) is 7.69. The van der Waals surface area contributed by atoms with E-state index >= 15 is 0 Å². The molecule has 0 aromatic heterocycles. The molecule has 0 aliphatic heterocycles. The van der Waals surface area contributed by atoms with Crippen LogP contribution in [0.25, 0.3) is 11.1 Å². The van der Waals surface area contributed by atoms with Gasteiger partial charge in [0.05, 0.1) is 5.71 Å². The molecule has 0 saturated carbocycles. The van der Waals surface area contributed by atoms with Gasteiger partial charge in [0.15, 0.2) is 0 Å². The number of carbonyl (C=O) groups is 2. The van der Waals surface area contributed by atoms with Gasteiger partial charge in [-0.3, -0.25) is 0 Å². The minimum atomic E-state index is -1.03. The van der Waals surface area contributed by atoms with Crippen molar-refractivity contribution in [2.75, 3.05) is 0 Å². The van der Waals surface area contributed by atoms with E-state index in [4.69, 9.17) is 15.1 Å². The molecule has 3 rings (SSSR count). The van der Waals surface area contributed by atoms with Crippen LogP contribution in [-0.4, -0.2) is 45.8 Å². The summed E-state index contributed by atoms with van der Waals surface area (Å²) in [6, 6.07) is 15.8. The van der Waals surface area contributed by atoms with Crippen molar-refractivity contribution in [1.82, 2.24) is 0 Å². The zero-order valence-corrected chi connectivity index (χ0v) is 17.2. The third-order valence-corrected chi connectivity index (χ3v) is 4.05. The summed E-state index contributed by atoms with van der Waals surface area (Å²) < 4.78 is 0. The fraction of sp³-hybridized carbons (Fsp3) is 0.273. The smallest absolute Gasteiger partial charge is 0.347 e. The van der Waals surface area contributed by atoms with Gasteiger partial charge >= 0.3 is 11.9 Å². The summed E-state index contributed by atoms with van der Waals surface area (Å²) >= 11 is 0. The van der Waals surface area contributed by atoms with Gasteiger partial charge in [0.1, 0.15) is 5.71 Å². The SMILES string of the molecule is CC(C)=NOC(C)C(=O)O.CC(ON=C1c2ccccc2-c2ccccc21)C(=O)O. The van der Waals surface area contributed by atoms with Crippen LogP contribution in [0, 0.1) is 0 Å². The number of benzene rings is 2. The van der Waals surface area contributed by atoms with Crippen molar-refractivity contribution in [3.63, 3.8) is 0 Å². The van der Waals surface area contributed by atoms with E-state index in [1.807, 2.05) is 48.5 Å². The number of hydrogen-bond acceptors (Lipinski definition) is 6. The summed E-state index contributed by atoms with van der Waals surface area (Å²) in [5, 5.41) is 24.7. The summed E-state index contributed by atoms with van der Waals surface area (Å²) in [5.41, 5.74) is 5.50. The maximum Gasteiger partial charge on any atom is 0.347 e. The molecule has 8 nitrogen and oxygen atoms in total. The Morgan fingerprint density at radius 2 is 1.17 bits per heavy atom. The van der Waals surface area contributed by atoms with Crippen LogP contribution in [0.1, 0.15) is 38.8 Å². The lowest BCUT2D eigenvalue weighted by Gasteiger charge is -2.06. The van der Waals surface area contributed by atoms with Gasteiger partial charge in [-0.25, -0.2) is 9.59 Å². The van der Waals surface area contributed by atoms with Crippen LogP contribution < -0.4 is 0 Å². The second kappa shape index (κ2) is 10.2. The minimum Gasteiger partial charge on any atom is -0.478 e. The highest BCUT2D eigenvalue weighted by atomic mass is 16.7. The number of carboxylic acid groups (broad SMARTS) is 2. The highest BCUT2D eigenvalue weighted by Crippen LogP contribution is 2.36. The van der Waals surface area contributed by atoms with Gasteiger partial charge in [-0.1, -0.05) is 58.8 Å². The first-order valence-electron chi connectivity index (χ1n) is 9.28. The predicted octanol–water partition coefficient (Wildman–Crippen LogP) is 3.78. The Hall–Kier alpha value is -3.68. The Morgan fingerprint density at radius 1 is 0.767 bits per heavy atom. The van der Waals surface area contributed by atoms with Crippen molar-refractivity contribution in [2.45, 2.75) is 39.9 Å². The topological polar surface area (TPSA) is 118 Å². The lowest BCUT2D eigenvalue weighted by atomic mass is 10.1. The van der Waals surface area contributed by atoms with Crippen LogP contribution in [0.4, 0.5) is 0 Å². The molecule has 0 spiro atoms. The first-order chi connectivity index (χ1) is 14.2. The van der Waals surface area contributed by atoms with Gasteiger partial charge in [-0.05, 0) is 38.8 Å². The average Bonchev–Trinajstić information content (AvgIpc) is 3.04. The van der Waals surface area contributed by atoms with Gasteiger partial charge in [-0.2, -0.15) is 0 Å². The minimum absolute atomic E-state index is 0.685. The summed E-state index contributed by atoms with van der Waals surface area (Å²) in [5.74, 6) is -2.04. The average molecular weight is 412 g/mol. The predicted molar refractivity (Wildman–Crippen MR) is 113 cm³/mol. The summed E-state index contributed by atoms with van der Waals surface area (Å²) in [6.45, 7) is 6.34. The summed E-state index contributed by atoms with van der Waals surface area (Å²) in [6.07, 6.45) is -1.84. The van der Waals surface area contributed by atoms with E-state index in [2.05, 4.69) is 15.1 Å². The number of aliphatic carboxylic acids is 2. The molecule has 2 aromatic rings. The number of oxime groups is 2. The van der Waals surface area contributed by atoms with E-state index in [0.717, 1.165) is 22.3 Å². The van der Waals surface area contributed by atoms with E-state index in [0.29, 0.717) is 11.4 Å². The lowest BCUT2D eigenvalue weighted by molar-refractivity contribution is -0.149. The molecule has 0 saturated heterocycles. The van der Waals surface area contributed by atoms with E-state index in [-0.39, 0.29) is 0 Å². The van der Waals surface area contributed by atoms with Crippen LogP contribution in [0.3, 0.4) is 0 Å². The third-order valence-electron chi connectivity index (χ3n) is 4.05. The Bertz CT molecular complexity index is 932. The molecule has 2 aromatic carbocycles. The summed E-state index contributed by atoms with van der Waals surface area (Å²) in [4.78, 5) is 30.6. The van der Waals surface area contributed by atoms with E-state index < -0.39 is 24.1 Å². The standard InChI is InChI=1S/C16H13NO3.C6H11NO3/c1-10(16(18)19)20-17-15-13-8-4-2-6-11(13)12-7-3-5-9-14(12)15;1-4(2)7-10-5(3)6(8)9/h2-10H,1H3,(H,18,19);5H,1-3H3,(H,8,9). The van der Waals surface area contributed by atoms with Gasteiger partial charge in [0.25, 0.3) is 0 Å². The largest absolute Gasteiger partial charge is 0.478 e. The van der Waals surface area contributed by atoms with Gasteiger partial charge in [-0.15, -0.1) is 0 Å².